The highest BCUT2D eigenvalue weighted by Gasteiger charge is 2.20. The van der Waals surface area contributed by atoms with Gasteiger partial charge in [0.05, 0.1) is 16.8 Å². The summed E-state index contributed by atoms with van der Waals surface area (Å²) in [5, 5.41) is 1.14. The minimum atomic E-state index is -0.115. The highest BCUT2D eigenvalue weighted by Crippen LogP contribution is 2.33. The van der Waals surface area contributed by atoms with Gasteiger partial charge in [-0.05, 0) is 49.7 Å². The molecule has 0 amide bonds. The zero-order valence-electron chi connectivity index (χ0n) is 16.9. The van der Waals surface area contributed by atoms with Gasteiger partial charge in [0.2, 0.25) is 6.79 Å². The van der Waals surface area contributed by atoms with Crippen molar-refractivity contribution in [3.05, 3.63) is 74.9 Å². The van der Waals surface area contributed by atoms with E-state index in [0.29, 0.717) is 32.4 Å². The fraction of sp³-hybridized carbons (Fsp3) is 0.174. The number of rotatable bonds is 5. The summed E-state index contributed by atoms with van der Waals surface area (Å²) in [5.41, 5.74) is 2.10. The lowest BCUT2D eigenvalue weighted by Crippen LogP contribution is -2.22. The molecule has 0 unspecified atom stereocenters. The number of nitrogens with zero attached hydrogens (tertiary/aromatic N) is 2. The Morgan fingerprint density at radius 2 is 1.90 bits per heavy atom. The maximum Gasteiger partial charge on any atom is 0.267 e. The zero-order valence-corrected chi connectivity index (χ0v) is 18.5. The molecular formula is C23H18N2O4S2. The molecule has 0 spiro atoms. The Labute approximate surface area is 186 Å². The first-order chi connectivity index (χ1) is 15.0. The predicted octanol–water partition coefficient (Wildman–Crippen LogP) is 4.77. The lowest BCUT2D eigenvalue weighted by atomic mass is 10.1. The van der Waals surface area contributed by atoms with E-state index in [1.54, 1.807) is 22.8 Å². The number of benzene rings is 2. The highest BCUT2D eigenvalue weighted by atomic mass is 32.2. The van der Waals surface area contributed by atoms with Crippen molar-refractivity contribution in [1.29, 1.82) is 0 Å². The summed E-state index contributed by atoms with van der Waals surface area (Å²) < 4.78 is 12.3. The summed E-state index contributed by atoms with van der Waals surface area (Å²) in [6.45, 7) is 4.10. The van der Waals surface area contributed by atoms with Gasteiger partial charge in [0, 0.05) is 10.4 Å². The Morgan fingerprint density at radius 1 is 1.13 bits per heavy atom. The van der Waals surface area contributed by atoms with E-state index in [1.165, 1.54) is 23.1 Å². The number of aromatic nitrogens is 2. The number of hydrogen-bond acceptors (Lipinski definition) is 7. The topological polar surface area (TPSA) is 70.4 Å². The summed E-state index contributed by atoms with van der Waals surface area (Å²) in [6.07, 6.45) is 0. The van der Waals surface area contributed by atoms with E-state index in [0.717, 1.165) is 16.1 Å². The van der Waals surface area contributed by atoms with Crippen molar-refractivity contribution in [1.82, 2.24) is 9.55 Å². The highest BCUT2D eigenvalue weighted by molar-refractivity contribution is 7.99. The van der Waals surface area contributed by atoms with Crippen LogP contribution in [0.2, 0.25) is 0 Å². The van der Waals surface area contributed by atoms with Gasteiger partial charge in [-0.15, -0.1) is 11.3 Å². The van der Waals surface area contributed by atoms with Crippen molar-refractivity contribution in [2.75, 3.05) is 12.5 Å². The lowest BCUT2D eigenvalue weighted by Gasteiger charge is -2.12. The molecule has 3 heterocycles. The van der Waals surface area contributed by atoms with Crippen LogP contribution in [0.15, 0.2) is 58.5 Å². The molecule has 1 aliphatic heterocycles. The van der Waals surface area contributed by atoms with Gasteiger partial charge in [-0.3, -0.25) is 14.2 Å². The molecule has 0 fully saturated rings. The molecule has 6 nitrogen and oxygen atoms in total. The summed E-state index contributed by atoms with van der Waals surface area (Å²) >= 11 is 2.76. The number of hydrogen-bond donors (Lipinski definition) is 0. The molecule has 0 radical (unpaired) electrons. The molecule has 5 rings (SSSR count). The van der Waals surface area contributed by atoms with Gasteiger partial charge in [0.15, 0.2) is 22.4 Å². The first kappa shape index (κ1) is 19.8. The molecule has 1 aliphatic rings. The Bertz CT molecular complexity index is 1380. The van der Waals surface area contributed by atoms with Gasteiger partial charge < -0.3 is 9.47 Å². The van der Waals surface area contributed by atoms with Crippen LogP contribution < -0.4 is 15.0 Å². The number of Topliss-reactive ketones (excluding diaryl/α,β-unsaturated/α-hetero) is 1. The monoisotopic (exact) mass is 450 g/mol. The molecule has 0 atom stereocenters. The van der Waals surface area contributed by atoms with Gasteiger partial charge >= 0.3 is 0 Å². The van der Waals surface area contributed by atoms with Crippen LogP contribution in [0.3, 0.4) is 0 Å². The number of carbonyl (C=O) groups is 1. The van der Waals surface area contributed by atoms with Gasteiger partial charge in [0.25, 0.3) is 5.56 Å². The molecule has 4 aromatic rings. The molecular weight excluding hydrogens is 432 g/mol. The largest absolute Gasteiger partial charge is 0.454 e. The zero-order chi connectivity index (χ0) is 21.5. The average molecular weight is 451 g/mol. The van der Waals surface area contributed by atoms with Crippen molar-refractivity contribution in [2.45, 2.75) is 19.0 Å². The third kappa shape index (κ3) is 3.51. The number of thioether (sulfide) groups is 1. The standard InChI is InChI=1S/C23H18N2O4S2/c1-13-14(2)31-21-20(13)22(27)25(16-6-4-3-5-7-16)23(24-21)30-11-17(26)15-8-9-18-19(10-15)29-12-28-18/h3-10H,11-12H2,1-2H3. The van der Waals surface area contributed by atoms with E-state index >= 15 is 0 Å². The van der Waals surface area contributed by atoms with E-state index in [9.17, 15) is 9.59 Å². The van der Waals surface area contributed by atoms with Crippen LogP contribution in [0.1, 0.15) is 20.8 Å². The second kappa shape index (κ2) is 7.86. The van der Waals surface area contributed by atoms with E-state index in [-0.39, 0.29) is 23.9 Å². The first-order valence-electron chi connectivity index (χ1n) is 9.67. The Morgan fingerprint density at radius 3 is 2.71 bits per heavy atom. The normalized spacial score (nSPS) is 12.5. The third-order valence-corrected chi connectivity index (χ3v) is 7.25. The van der Waals surface area contributed by atoms with Crippen LogP contribution in [-0.4, -0.2) is 27.9 Å². The third-order valence-electron chi connectivity index (χ3n) is 5.21. The van der Waals surface area contributed by atoms with Crippen LogP contribution in [0.25, 0.3) is 15.9 Å². The molecule has 0 saturated heterocycles. The van der Waals surface area contributed by atoms with E-state index in [4.69, 9.17) is 14.5 Å². The molecule has 8 heteroatoms. The smallest absolute Gasteiger partial charge is 0.267 e. The maximum atomic E-state index is 13.4. The van der Waals surface area contributed by atoms with Gasteiger partial charge in [0.1, 0.15) is 4.83 Å². The molecule has 2 aromatic heterocycles. The number of thiophene rings is 1. The summed E-state index contributed by atoms with van der Waals surface area (Å²) in [4.78, 5) is 32.8. The number of aryl methyl sites for hydroxylation is 2. The van der Waals surface area contributed by atoms with Crippen molar-refractivity contribution < 1.29 is 14.3 Å². The van der Waals surface area contributed by atoms with Crippen molar-refractivity contribution >= 4 is 39.1 Å². The maximum absolute atomic E-state index is 13.4. The lowest BCUT2D eigenvalue weighted by molar-refractivity contribution is 0.102. The quantitative estimate of drug-likeness (QED) is 0.248. The predicted molar refractivity (Wildman–Crippen MR) is 122 cm³/mol. The number of ketones is 1. The second-order valence-electron chi connectivity index (χ2n) is 7.11. The van der Waals surface area contributed by atoms with Crippen LogP contribution in [-0.2, 0) is 0 Å². The van der Waals surface area contributed by atoms with E-state index in [2.05, 4.69) is 0 Å². The summed E-state index contributed by atoms with van der Waals surface area (Å²) in [6, 6.07) is 14.5. The summed E-state index contributed by atoms with van der Waals surface area (Å²) in [7, 11) is 0. The molecule has 156 valence electrons. The van der Waals surface area contributed by atoms with E-state index in [1.807, 2.05) is 44.2 Å². The van der Waals surface area contributed by atoms with E-state index < -0.39 is 0 Å². The molecule has 31 heavy (non-hydrogen) atoms. The Hall–Kier alpha value is -3.10. The fourth-order valence-electron chi connectivity index (χ4n) is 3.46. The van der Waals surface area contributed by atoms with Crippen molar-refractivity contribution in [3.63, 3.8) is 0 Å². The van der Waals surface area contributed by atoms with Crippen LogP contribution in [0.4, 0.5) is 0 Å². The Kier molecular flexibility index (Phi) is 5.03. The van der Waals surface area contributed by atoms with Crippen molar-refractivity contribution in [3.8, 4) is 17.2 Å². The number of carbonyl (C=O) groups excluding carboxylic acids is 1. The Balaban J connectivity index is 1.53. The molecule has 0 aliphatic carbocycles. The van der Waals surface area contributed by atoms with Gasteiger partial charge in [-0.25, -0.2) is 4.98 Å². The van der Waals surface area contributed by atoms with Crippen LogP contribution in [0.5, 0.6) is 11.5 Å². The summed E-state index contributed by atoms with van der Waals surface area (Å²) in [5.74, 6) is 1.28. The molecule has 0 N–H and O–H groups in total. The van der Waals surface area contributed by atoms with Gasteiger partial charge in [-0.1, -0.05) is 30.0 Å². The second-order valence-corrected chi connectivity index (χ2v) is 9.26. The minimum Gasteiger partial charge on any atom is -0.454 e. The number of para-hydroxylation sites is 1. The first-order valence-corrected chi connectivity index (χ1v) is 11.5. The molecule has 0 saturated carbocycles. The minimum absolute atomic E-state index is 0.0733. The molecule has 2 aromatic carbocycles. The van der Waals surface area contributed by atoms with Gasteiger partial charge in [-0.2, -0.15) is 0 Å². The average Bonchev–Trinajstić information content (AvgIpc) is 3.36. The van der Waals surface area contributed by atoms with Crippen LogP contribution >= 0.6 is 23.1 Å². The molecule has 0 bridgehead atoms. The van der Waals surface area contributed by atoms with Crippen LogP contribution in [0, 0.1) is 13.8 Å². The number of fused-ring (bicyclic) bond motifs is 2. The SMILES string of the molecule is Cc1sc2nc(SCC(=O)c3ccc4c(c3)OCO4)n(-c3ccccc3)c(=O)c2c1C. The number of ether oxygens (including phenoxy) is 2. The fourth-order valence-corrected chi connectivity index (χ4v) is 5.44. The van der Waals surface area contributed by atoms with Crippen molar-refractivity contribution in [2.24, 2.45) is 0 Å².